The van der Waals surface area contributed by atoms with Gasteiger partial charge in [0.25, 0.3) is 10.0 Å². The summed E-state index contributed by atoms with van der Waals surface area (Å²) in [5, 5.41) is 11.2. The van der Waals surface area contributed by atoms with Crippen LogP contribution in [-0.4, -0.2) is 28.6 Å². The average molecular weight is 342 g/mol. The lowest BCUT2D eigenvalue weighted by molar-refractivity contribution is 0.250. The Bertz CT molecular complexity index is 755. The molecule has 1 atom stereocenters. The van der Waals surface area contributed by atoms with E-state index in [1.54, 1.807) is 12.1 Å². The number of aryl methyl sites for hydroxylation is 1. The van der Waals surface area contributed by atoms with E-state index in [0.717, 1.165) is 29.6 Å². The van der Waals surface area contributed by atoms with Crippen LogP contribution in [0.5, 0.6) is 0 Å². The predicted molar refractivity (Wildman–Crippen MR) is 80.7 cm³/mol. The second-order valence-corrected chi connectivity index (χ2v) is 7.45. The van der Waals surface area contributed by atoms with Crippen molar-refractivity contribution in [2.45, 2.75) is 30.5 Å². The number of nitrogens with zero attached hydrogens (tertiary/aromatic N) is 4. The molecule has 2 aromatic rings. The van der Waals surface area contributed by atoms with E-state index in [1.165, 1.54) is 7.05 Å². The fraction of sp³-hybridized carbons (Fsp3) is 0.462. The molecule has 0 saturated heterocycles. The van der Waals surface area contributed by atoms with E-state index < -0.39 is 10.0 Å². The van der Waals surface area contributed by atoms with Gasteiger partial charge in [-0.05, 0) is 41.7 Å². The van der Waals surface area contributed by atoms with Crippen LogP contribution in [0.3, 0.4) is 0 Å². The molecule has 9 heteroatoms. The van der Waals surface area contributed by atoms with Crippen LogP contribution >= 0.6 is 11.6 Å². The molecule has 0 amide bonds. The van der Waals surface area contributed by atoms with Gasteiger partial charge in [0.2, 0.25) is 0 Å². The van der Waals surface area contributed by atoms with Crippen LogP contribution in [-0.2, 0) is 17.1 Å². The molecule has 1 aliphatic carbocycles. The summed E-state index contributed by atoms with van der Waals surface area (Å²) >= 11 is 5.91. The van der Waals surface area contributed by atoms with Gasteiger partial charge in [0.1, 0.15) is 0 Å². The van der Waals surface area contributed by atoms with E-state index in [-0.39, 0.29) is 17.1 Å². The zero-order valence-electron chi connectivity index (χ0n) is 12.0. The Balaban J connectivity index is 1.88. The molecule has 1 unspecified atom stereocenters. The third kappa shape index (κ3) is 3.13. The topological polar surface area (TPSA) is 89.8 Å². The first-order valence-corrected chi connectivity index (χ1v) is 8.83. The minimum atomic E-state index is -3.81. The largest absolute Gasteiger partial charge is 0.303 e. The lowest BCUT2D eigenvalue weighted by atomic mass is 9.77. The maximum absolute atomic E-state index is 12.4. The van der Waals surface area contributed by atoms with Gasteiger partial charge < -0.3 is 0 Å². The van der Waals surface area contributed by atoms with Crippen LogP contribution in [0.25, 0.3) is 0 Å². The highest BCUT2D eigenvalue weighted by Gasteiger charge is 2.33. The lowest BCUT2D eigenvalue weighted by Gasteiger charge is -2.34. The number of hydrogen-bond donors (Lipinski definition) is 1. The van der Waals surface area contributed by atoms with E-state index in [1.807, 2.05) is 12.1 Å². The van der Waals surface area contributed by atoms with Crippen LogP contribution in [0.2, 0.25) is 5.02 Å². The summed E-state index contributed by atoms with van der Waals surface area (Å²) in [7, 11) is -2.28. The van der Waals surface area contributed by atoms with Crippen molar-refractivity contribution in [2.24, 2.45) is 13.0 Å². The zero-order chi connectivity index (χ0) is 15.7. The molecule has 0 spiro atoms. The molecule has 0 bridgehead atoms. The number of hydrogen-bond acceptors (Lipinski definition) is 5. The van der Waals surface area contributed by atoms with Crippen molar-refractivity contribution in [1.82, 2.24) is 24.9 Å². The van der Waals surface area contributed by atoms with Crippen molar-refractivity contribution in [3.63, 3.8) is 0 Å². The van der Waals surface area contributed by atoms with Crippen molar-refractivity contribution in [3.05, 3.63) is 34.9 Å². The highest BCUT2D eigenvalue weighted by Crippen LogP contribution is 2.38. The standard InChI is InChI=1S/C13H16ClN5O2S/c1-19-16-13(15-18-19)22(20,21)17-12(9-3-2-4-9)10-5-7-11(14)8-6-10/h5-9,12,17H,2-4H2,1H3. The molecule has 1 aromatic heterocycles. The minimum absolute atomic E-state index is 0.271. The molecule has 3 rings (SSSR count). The number of sulfonamides is 1. The number of halogens is 1. The molecular formula is C13H16ClN5O2S. The number of tetrazole rings is 1. The molecule has 1 aliphatic rings. The van der Waals surface area contributed by atoms with Crippen molar-refractivity contribution in [3.8, 4) is 0 Å². The van der Waals surface area contributed by atoms with E-state index in [9.17, 15) is 8.42 Å². The second kappa shape index (κ2) is 5.94. The molecule has 7 nitrogen and oxygen atoms in total. The Morgan fingerprint density at radius 3 is 2.50 bits per heavy atom. The second-order valence-electron chi connectivity index (χ2n) is 5.40. The Morgan fingerprint density at radius 1 is 1.32 bits per heavy atom. The Kier molecular flexibility index (Phi) is 4.16. The van der Waals surface area contributed by atoms with Gasteiger partial charge in [0, 0.05) is 11.1 Å². The van der Waals surface area contributed by atoms with Crippen molar-refractivity contribution in [2.75, 3.05) is 0 Å². The molecule has 1 N–H and O–H groups in total. The van der Waals surface area contributed by atoms with E-state index >= 15 is 0 Å². The van der Waals surface area contributed by atoms with Gasteiger partial charge in [0.05, 0.1) is 7.05 Å². The summed E-state index contributed by atoms with van der Waals surface area (Å²) < 4.78 is 27.6. The Hall–Kier alpha value is -1.51. The summed E-state index contributed by atoms with van der Waals surface area (Å²) in [4.78, 5) is 1.12. The predicted octanol–water partition coefficient (Wildman–Crippen LogP) is 1.68. The van der Waals surface area contributed by atoms with Gasteiger partial charge in [-0.25, -0.2) is 13.1 Å². The molecule has 1 fully saturated rings. The molecule has 1 saturated carbocycles. The third-order valence-electron chi connectivity index (χ3n) is 3.86. The van der Waals surface area contributed by atoms with Crippen LogP contribution in [0, 0.1) is 5.92 Å². The van der Waals surface area contributed by atoms with E-state index in [4.69, 9.17) is 11.6 Å². The van der Waals surface area contributed by atoms with E-state index in [2.05, 4.69) is 20.1 Å². The van der Waals surface area contributed by atoms with Crippen LogP contribution in [0.4, 0.5) is 0 Å². The van der Waals surface area contributed by atoms with Gasteiger partial charge in [-0.3, -0.25) is 0 Å². The fourth-order valence-corrected chi connectivity index (χ4v) is 3.74. The molecule has 118 valence electrons. The van der Waals surface area contributed by atoms with Gasteiger partial charge in [-0.15, -0.1) is 5.10 Å². The molecule has 22 heavy (non-hydrogen) atoms. The smallest absolute Gasteiger partial charge is 0.204 e. The summed E-state index contributed by atoms with van der Waals surface area (Å²) in [5.41, 5.74) is 0.890. The lowest BCUT2D eigenvalue weighted by Crippen LogP contribution is -2.36. The minimum Gasteiger partial charge on any atom is -0.204 e. The van der Waals surface area contributed by atoms with Gasteiger partial charge in [-0.1, -0.05) is 35.3 Å². The van der Waals surface area contributed by atoms with Crippen molar-refractivity contribution in [1.29, 1.82) is 0 Å². The van der Waals surface area contributed by atoms with Crippen molar-refractivity contribution >= 4 is 21.6 Å². The van der Waals surface area contributed by atoms with E-state index in [0.29, 0.717) is 5.02 Å². The van der Waals surface area contributed by atoms with Crippen molar-refractivity contribution < 1.29 is 8.42 Å². The first-order chi connectivity index (χ1) is 10.5. The van der Waals surface area contributed by atoms with Gasteiger partial charge in [0.15, 0.2) is 0 Å². The molecule has 0 aliphatic heterocycles. The highest BCUT2D eigenvalue weighted by molar-refractivity contribution is 7.89. The summed E-state index contributed by atoms with van der Waals surface area (Å²) in [6.45, 7) is 0. The monoisotopic (exact) mass is 341 g/mol. The summed E-state index contributed by atoms with van der Waals surface area (Å²) in [6, 6.07) is 6.91. The number of aromatic nitrogens is 4. The summed E-state index contributed by atoms with van der Waals surface area (Å²) in [6.07, 6.45) is 3.09. The molecule has 0 radical (unpaired) electrons. The normalized spacial score (nSPS) is 17.2. The molecule has 1 heterocycles. The van der Waals surface area contributed by atoms with Crippen LogP contribution in [0.1, 0.15) is 30.9 Å². The number of rotatable bonds is 5. The highest BCUT2D eigenvalue weighted by atomic mass is 35.5. The fourth-order valence-electron chi connectivity index (χ4n) is 2.47. The van der Waals surface area contributed by atoms with Crippen LogP contribution in [0.15, 0.2) is 29.4 Å². The third-order valence-corrected chi connectivity index (χ3v) is 5.32. The number of benzene rings is 1. The zero-order valence-corrected chi connectivity index (χ0v) is 13.5. The van der Waals surface area contributed by atoms with Crippen LogP contribution < -0.4 is 4.72 Å². The van der Waals surface area contributed by atoms with Gasteiger partial charge in [-0.2, -0.15) is 4.80 Å². The molecule has 1 aromatic carbocycles. The summed E-state index contributed by atoms with van der Waals surface area (Å²) in [5.74, 6) is 0.271. The SMILES string of the molecule is Cn1nnc(S(=O)(=O)NC(c2ccc(Cl)cc2)C2CCC2)n1. The molecular weight excluding hydrogens is 326 g/mol. The number of nitrogens with one attached hydrogen (secondary N) is 1. The first-order valence-electron chi connectivity index (χ1n) is 6.97. The maximum atomic E-state index is 12.4. The quantitative estimate of drug-likeness (QED) is 0.893. The first kappa shape index (κ1) is 15.4. The maximum Gasteiger partial charge on any atom is 0.303 e. The average Bonchev–Trinajstić information content (AvgIpc) is 2.84. The Labute approximate surface area is 133 Å². The van der Waals surface area contributed by atoms with Gasteiger partial charge >= 0.3 is 5.16 Å². The Morgan fingerprint density at radius 2 is 2.00 bits per heavy atom.